The lowest BCUT2D eigenvalue weighted by Gasteiger charge is -2.34. The van der Waals surface area contributed by atoms with Crippen molar-refractivity contribution in [2.75, 3.05) is 17.6 Å². The van der Waals surface area contributed by atoms with E-state index in [2.05, 4.69) is 10.3 Å². The zero-order valence-corrected chi connectivity index (χ0v) is 22.5. The second-order valence-corrected chi connectivity index (χ2v) is 10.6. The van der Waals surface area contributed by atoms with Crippen LogP contribution in [0.15, 0.2) is 48.7 Å². The second-order valence-electron chi connectivity index (χ2n) is 10.2. The van der Waals surface area contributed by atoms with Gasteiger partial charge in [-0.15, -0.1) is 0 Å². The highest BCUT2D eigenvalue weighted by atomic mass is 35.5. The first-order valence-corrected chi connectivity index (χ1v) is 13.3. The zero-order valence-electron chi connectivity index (χ0n) is 21.7. The van der Waals surface area contributed by atoms with Crippen LogP contribution in [-0.4, -0.2) is 28.2 Å². The number of carbonyl (C=O) groups excluding carboxylic acids is 2. The number of aryl methyl sites for hydroxylation is 1. The molecule has 2 unspecified atom stereocenters. The standard InChI is InChI=1S/C30H29ClF2N4O2/c1-16-4-3-5-26(37-11-9-19(14-27(37)38)28-22(32)7-6-21(31)29(28)33)25-13-18(8-10-35-25)20-12-17(2)23(34)15-24(20)36-30(16)39/h6-8,10,12-16,26H,3-5,9,11,34H2,1-2H3,(H,36,39). The van der Waals surface area contributed by atoms with E-state index in [1.807, 2.05) is 32.0 Å². The summed E-state index contributed by atoms with van der Waals surface area (Å²) in [5.74, 6) is -2.34. The van der Waals surface area contributed by atoms with E-state index < -0.39 is 11.6 Å². The lowest BCUT2D eigenvalue weighted by molar-refractivity contribution is -0.129. The number of fused-ring (bicyclic) bond motifs is 4. The number of anilines is 2. The van der Waals surface area contributed by atoms with Crippen molar-refractivity contribution in [3.63, 3.8) is 0 Å². The highest BCUT2D eigenvalue weighted by Crippen LogP contribution is 2.38. The van der Waals surface area contributed by atoms with Crippen LogP contribution in [0.3, 0.4) is 0 Å². The minimum atomic E-state index is -0.869. The van der Waals surface area contributed by atoms with Gasteiger partial charge < -0.3 is 16.0 Å². The van der Waals surface area contributed by atoms with E-state index in [1.165, 1.54) is 6.08 Å². The topological polar surface area (TPSA) is 88.3 Å². The van der Waals surface area contributed by atoms with Crippen molar-refractivity contribution >= 4 is 40.4 Å². The third kappa shape index (κ3) is 5.26. The Morgan fingerprint density at radius 2 is 1.92 bits per heavy atom. The average Bonchev–Trinajstić information content (AvgIpc) is 2.91. The van der Waals surface area contributed by atoms with Gasteiger partial charge in [0.2, 0.25) is 11.8 Å². The van der Waals surface area contributed by atoms with Crippen molar-refractivity contribution in [2.24, 2.45) is 5.92 Å². The summed E-state index contributed by atoms with van der Waals surface area (Å²) in [6.45, 7) is 4.04. The Balaban J connectivity index is 1.55. The molecule has 2 amide bonds. The largest absolute Gasteiger partial charge is 0.398 e. The molecule has 0 aliphatic carbocycles. The summed E-state index contributed by atoms with van der Waals surface area (Å²) in [4.78, 5) is 32.7. The number of nitrogens with zero attached hydrogens (tertiary/aromatic N) is 2. The molecule has 0 saturated heterocycles. The molecule has 2 bridgehead atoms. The van der Waals surface area contributed by atoms with Crippen LogP contribution in [0.1, 0.15) is 55.5 Å². The number of nitrogens with one attached hydrogen (secondary N) is 1. The van der Waals surface area contributed by atoms with Gasteiger partial charge in [0.25, 0.3) is 0 Å². The predicted octanol–water partition coefficient (Wildman–Crippen LogP) is 6.69. The predicted molar refractivity (Wildman–Crippen MR) is 149 cm³/mol. The zero-order chi connectivity index (χ0) is 27.8. The molecule has 0 saturated carbocycles. The summed E-state index contributed by atoms with van der Waals surface area (Å²) in [7, 11) is 0. The molecule has 2 aromatic carbocycles. The van der Waals surface area contributed by atoms with Crippen LogP contribution in [0.25, 0.3) is 16.7 Å². The van der Waals surface area contributed by atoms with E-state index in [-0.39, 0.29) is 52.9 Å². The van der Waals surface area contributed by atoms with Gasteiger partial charge in [-0.1, -0.05) is 24.9 Å². The number of pyridine rings is 1. The molecule has 202 valence electrons. The number of nitrogen functional groups attached to an aromatic ring is 1. The van der Waals surface area contributed by atoms with Crippen molar-refractivity contribution in [3.8, 4) is 11.1 Å². The molecule has 39 heavy (non-hydrogen) atoms. The number of rotatable bonds is 2. The Kier molecular flexibility index (Phi) is 7.40. The molecular weight excluding hydrogens is 522 g/mol. The molecule has 3 N–H and O–H groups in total. The quantitative estimate of drug-likeness (QED) is 0.275. The number of nitrogens with two attached hydrogens (primary N) is 1. The summed E-state index contributed by atoms with van der Waals surface area (Å²) < 4.78 is 29.2. The third-order valence-corrected chi connectivity index (χ3v) is 7.90. The molecule has 2 atom stereocenters. The van der Waals surface area contributed by atoms with E-state index >= 15 is 0 Å². The fourth-order valence-electron chi connectivity index (χ4n) is 5.32. The molecule has 1 aromatic heterocycles. The third-order valence-electron chi connectivity index (χ3n) is 7.60. The van der Waals surface area contributed by atoms with Gasteiger partial charge in [0.15, 0.2) is 5.82 Å². The van der Waals surface area contributed by atoms with Gasteiger partial charge in [0, 0.05) is 36.0 Å². The fourth-order valence-corrected chi connectivity index (χ4v) is 5.47. The van der Waals surface area contributed by atoms with Gasteiger partial charge in [0.1, 0.15) is 5.82 Å². The first-order valence-electron chi connectivity index (χ1n) is 13.0. The molecule has 3 heterocycles. The summed E-state index contributed by atoms with van der Waals surface area (Å²) >= 11 is 5.89. The van der Waals surface area contributed by atoms with Gasteiger partial charge in [-0.2, -0.15) is 0 Å². The van der Waals surface area contributed by atoms with Crippen LogP contribution in [0, 0.1) is 24.5 Å². The molecule has 0 radical (unpaired) electrons. The summed E-state index contributed by atoms with van der Waals surface area (Å²) in [5.41, 5.74) is 10.6. The minimum absolute atomic E-state index is 0.0990. The number of hydrogen-bond donors (Lipinski definition) is 2. The van der Waals surface area contributed by atoms with Crippen LogP contribution < -0.4 is 11.1 Å². The van der Waals surface area contributed by atoms with Crippen LogP contribution in [0.4, 0.5) is 20.2 Å². The number of carbonyl (C=O) groups is 2. The summed E-state index contributed by atoms with van der Waals surface area (Å²) in [6.07, 6.45) is 5.11. The lowest BCUT2D eigenvalue weighted by atomic mass is 9.92. The first kappa shape index (κ1) is 26.8. The Bertz CT molecular complexity index is 1510. The van der Waals surface area contributed by atoms with Crippen molar-refractivity contribution in [1.82, 2.24) is 9.88 Å². The number of benzene rings is 2. The van der Waals surface area contributed by atoms with E-state index in [9.17, 15) is 18.4 Å². The first-order chi connectivity index (χ1) is 18.6. The van der Waals surface area contributed by atoms with Crippen molar-refractivity contribution in [2.45, 2.75) is 45.6 Å². The Morgan fingerprint density at radius 3 is 2.69 bits per heavy atom. The van der Waals surface area contributed by atoms with Crippen molar-refractivity contribution in [1.29, 1.82) is 0 Å². The highest BCUT2D eigenvalue weighted by Gasteiger charge is 2.31. The maximum atomic E-state index is 14.7. The summed E-state index contributed by atoms with van der Waals surface area (Å²) in [6, 6.07) is 9.38. The van der Waals surface area contributed by atoms with E-state index in [0.29, 0.717) is 36.3 Å². The molecule has 0 spiro atoms. The Morgan fingerprint density at radius 1 is 1.13 bits per heavy atom. The van der Waals surface area contributed by atoms with Gasteiger partial charge in [-0.25, -0.2) is 8.78 Å². The van der Waals surface area contributed by atoms with Crippen LogP contribution in [0.5, 0.6) is 0 Å². The van der Waals surface area contributed by atoms with Crippen LogP contribution in [-0.2, 0) is 9.59 Å². The fraction of sp³-hybridized carbons (Fsp3) is 0.300. The molecule has 9 heteroatoms. The lowest BCUT2D eigenvalue weighted by Crippen LogP contribution is -2.38. The SMILES string of the molecule is Cc1cc2c(cc1N)NC(=O)C(C)CCCC(N1CCC(c3c(F)ccc(Cl)c3F)=CC1=O)c1cc-2ccn1. The van der Waals surface area contributed by atoms with Gasteiger partial charge >= 0.3 is 0 Å². The highest BCUT2D eigenvalue weighted by molar-refractivity contribution is 6.31. The molecule has 5 rings (SSSR count). The van der Waals surface area contributed by atoms with E-state index in [1.54, 1.807) is 17.2 Å². The Labute approximate surface area is 230 Å². The number of amides is 2. The second kappa shape index (κ2) is 10.8. The monoisotopic (exact) mass is 550 g/mol. The van der Waals surface area contributed by atoms with Crippen molar-refractivity contribution < 1.29 is 18.4 Å². The molecule has 3 aromatic rings. The molecule has 2 aliphatic heterocycles. The van der Waals surface area contributed by atoms with E-state index in [0.717, 1.165) is 28.8 Å². The molecule has 6 nitrogen and oxygen atoms in total. The van der Waals surface area contributed by atoms with Crippen LogP contribution >= 0.6 is 11.6 Å². The maximum absolute atomic E-state index is 14.7. The summed E-state index contributed by atoms with van der Waals surface area (Å²) in [5, 5.41) is 2.84. The molecular formula is C30H29ClF2N4O2. The van der Waals surface area contributed by atoms with Gasteiger partial charge in [-0.05, 0) is 79.3 Å². The van der Waals surface area contributed by atoms with E-state index in [4.69, 9.17) is 17.3 Å². The van der Waals surface area contributed by atoms with Crippen molar-refractivity contribution in [3.05, 3.63) is 82.1 Å². The van der Waals surface area contributed by atoms with Gasteiger partial charge in [-0.3, -0.25) is 14.6 Å². The number of aromatic nitrogens is 1. The average molecular weight is 551 g/mol. The molecule has 2 aliphatic rings. The van der Waals surface area contributed by atoms with Gasteiger partial charge in [0.05, 0.1) is 28.0 Å². The number of hydrogen-bond acceptors (Lipinski definition) is 4. The normalized spacial score (nSPS) is 19.9. The maximum Gasteiger partial charge on any atom is 0.247 e. The minimum Gasteiger partial charge on any atom is -0.398 e. The molecule has 0 fully saturated rings. The smallest absolute Gasteiger partial charge is 0.247 e. The Hall–Kier alpha value is -3.78. The van der Waals surface area contributed by atoms with Crippen LogP contribution in [0.2, 0.25) is 5.02 Å². The number of halogens is 3.